The number of nitrogens with zero attached hydrogens (tertiary/aromatic N) is 1. The van der Waals surface area contributed by atoms with Crippen LogP contribution in [0.4, 0.5) is 10.7 Å². The molecule has 1 aliphatic rings. The Balaban J connectivity index is 1.58. The van der Waals surface area contributed by atoms with Crippen LogP contribution in [-0.2, 0) is 0 Å². The van der Waals surface area contributed by atoms with Crippen LogP contribution in [0.5, 0.6) is 11.5 Å². The molecule has 3 aromatic rings. The number of aryl methyl sites for hydroxylation is 2. The molecule has 1 aromatic heterocycles. The van der Waals surface area contributed by atoms with Crippen molar-refractivity contribution in [2.45, 2.75) is 33.9 Å². The molecule has 9 nitrogen and oxygen atoms in total. The van der Waals surface area contributed by atoms with Gasteiger partial charge < -0.3 is 20.1 Å². The average Bonchev–Trinajstić information content (AvgIpc) is 3.08. The zero-order valence-electron chi connectivity index (χ0n) is 19.1. The fourth-order valence-electron chi connectivity index (χ4n) is 3.74. The zero-order valence-corrected chi connectivity index (χ0v) is 19.9. The third-order valence-corrected chi connectivity index (χ3v) is 6.73. The van der Waals surface area contributed by atoms with Crippen LogP contribution in [0, 0.1) is 30.9 Å². The van der Waals surface area contributed by atoms with Crippen molar-refractivity contribution in [1.29, 1.82) is 0 Å². The van der Waals surface area contributed by atoms with E-state index in [1.807, 2.05) is 20.8 Å². The summed E-state index contributed by atoms with van der Waals surface area (Å²) >= 11 is 1.53. The Kier molecular flexibility index (Phi) is 6.25. The molecular weight excluding hydrogens is 458 g/mol. The highest BCUT2D eigenvalue weighted by molar-refractivity contribution is 7.16. The van der Waals surface area contributed by atoms with Crippen LogP contribution in [0.1, 0.15) is 55.4 Å². The number of amides is 1. The minimum atomic E-state index is -0.662. The van der Waals surface area contributed by atoms with Crippen molar-refractivity contribution in [2.75, 3.05) is 11.9 Å². The van der Waals surface area contributed by atoms with Crippen LogP contribution >= 0.6 is 11.3 Å². The molecule has 2 aromatic carbocycles. The fraction of sp³-hybridized carbons (Fsp3) is 0.250. The molecule has 176 valence electrons. The Morgan fingerprint density at radius 3 is 2.56 bits per heavy atom. The van der Waals surface area contributed by atoms with Gasteiger partial charge in [-0.25, -0.2) is 4.79 Å². The zero-order chi connectivity index (χ0) is 24.6. The summed E-state index contributed by atoms with van der Waals surface area (Å²) in [5, 5.41) is 18.1. The van der Waals surface area contributed by atoms with Gasteiger partial charge in [-0.05, 0) is 63.1 Å². The summed E-state index contributed by atoms with van der Waals surface area (Å²) in [6.07, 6.45) is -0.473. The van der Waals surface area contributed by atoms with E-state index < -0.39 is 17.1 Å². The van der Waals surface area contributed by atoms with E-state index in [2.05, 4.69) is 10.6 Å². The topological polar surface area (TPSA) is 120 Å². The summed E-state index contributed by atoms with van der Waals surface area (Å²) < 4.78 is 11.2. The van der Waals surface area contributed by atoms with Crippen LogP contribution in [0.15, 0.2) is 36.4 Å². The quantitative estimate of drug-likeness (QED) is 0.219. The first-order valence-corrected chi connectivity index (χ1v) is 11.4. The van der Waals surface area contributed by atoms with Gasteiger partial charge in [-0.3, -0.25) is 14.9 Å². The third-order valence-electron chi connectivity index (χ3n) is 5.60. The largest absolute Gasteiger partial charge is 0.490 e. The van der Waals surface area contributed by atoms with E-state index in [9.17, 15) is 19.7 Å². The lowest BCUT2D eigenvalue weighted by Crippen LogP contribution is -2.38. The van der Waals surface area contributed by atoms with E-state index in [0.29, 0.717) is 23.5 Å². The summed E-state index contributed by atoms with van der Waals surface area (Å²) in [4.78, 5) is 37.0. The van der Waals surface area contributed by atoms with E-state index in [1.165, 1.54) is 29.5 Å². The number of esters is 1. The van der Waals surface area contributed by atoms with Gasteiger partial charge in [-0.15, -0.1) is 11.3 Å². The van der Waals surface area contributed by atoms with Gasteiger partial charge in [0.25, 0.3) is 11.6 Å². The third kappa shape index (κ3) is 4.32. The van der Waals surface area contributed by atoms with Gasteiger partial charge in [-0.2, -0.15) is 0 Å². The van der Waals surface area contributed by atoms with E-state index in [0.717, 1.165) is 21.0 Å². The van der Waals surface area contributed by atoms with Crippen molar-refractivity contribution in [2.24, 2.45) is 0 Å². The molecule has 4 rings (SSSR count). The SMILES string of the molecule is CCOc1cc([C@@H]2NC(=O)c3c(sc(C)c3C)N2)ccc1OC(=O)c1ccc([N+](=O)[O-])c(C)c1. The number of hydrogen-bond acceptors (Lipinski definition) is 8. The highest BCUT2D eigenvalue weighted by Crippen LogP contribution is 2.39. The maximum absolute atomic E-state index is 12.7. The van der Waals surface area contributed by atoms with Crippen LogP contribution in [0.25, 0.3) is 0 Å². The number of carbonyl (C=O) groups is 2. The minimum Gasteiger partial charge on any atom is -0.490 e. The first-order valence-electron chi connectivity index (χ1n) is 10.6. The van der Waals surface area contributed by atoms with Crippen molar-refractivity contribution in [1.82, 2.24) is 5.32 Å². The Bertz CT molecular complexity index is 1320. The summed E-state index contributed by atoms with van der Waals surface area (Å²) in [6.45, 7) is 7.60. The molecule has 0 bridgehead atoms. The highest BCUT2D eigenvalue weighted by Gasteiger charge is 2.29. The monoisotopic (exact) mass is 481 g/mol. The Labute approximate surface area is 199 Å². The van der Waals surface area contributed by atoms with Crippen molar-refractivity contribution < 1.29 is 24.0 Å². The fourth-order valence-corrected chi connectivity index (χ4v) is 4.83. The molecule has 1 amide bonds. The predicted molar refractivity (Wildman–Crippen MR) is 128 cm³/mol. The molecule has 34 heavy (non-hydrogen) atoms. The number of nitro benzene ring substituents is 1. The smallest absolute Gasteiger partial charge is 0.343 e. The van der Waals surface area contributed by atoms with Crippen molar-refractivity contribution >= 4 is 33.9 Å². The second-order valence-corrected chi connectivity index (χ2v) is 9.05. The van der Waals surface area contributed by atoms with Gasteiger partial charge in [0, 0.05) is 16.5 Å². The van der Waals surface area contributed by atoms with Crippen LogP contribution in [0.3, 0.4) is 0 Å². The first kappa shape index (κ1) is 23.2. The predicted octanol–water partition coefficient (Wildman–Crippen LogP) is 5.05. The molecule has 0 aliphatic carbocycles. The molecule has 0 saturated heterocycles. The number of thiophene rings is 1. The molecule has 0 radical (unpaired) electrons. The van der Waals surface area contributed by atoms with Gasteiger partial charge in [0.15, 0.2) is 11.5 Å². The number of rotatable bonds is 6. The number of nitrogens with one attached hydrogen (secondary N) is 2. The molecule has 2 N–H and O–H groups in total. The Morgan fingerprint density at radius 1 is 1.12 bits per heavy atom. The molecule has 10 heteroatoms. The number of hydrogen-bond donors (Lipinski definition) is 2. The summed E-state index contributed by atoms with van der Waals surface area (Å²) in [5.41, 5.74) is 2.83. The average molecular weight is 482 g/mol. The number of benzene rings is 2. The lowest BCUT2D eigenvalue weighted by atomic mass is 10.1. The van der Waals surface area contributed by atoms with E-state index >= 15 is 0 Å². The number of anilines is 1. The second-order valence-electron chi connectivity index (χ2n) is 7.83. The summed E-state index contributed by atoms with van der Waals surface area (Å²) in [5.74, 6) is -0.266. The number of nitro groups is 1. The molecule has 0 saturated carbocycles. The van der Waals surface area contributed by atoms with Crippen molar-refractivity contribution in [3.63, 3.8) is 0 Å². The molecule has 1 aliphatic heterocycles. The van der Waals surface area contributed by atoms with Crippen LogP contribution in [-0.4, -0.2) is 23.4 Å². The Morgan fingerprint density at radius 2 is 1.88 bits per heavy atom. The molecular formula is C24H23N3O6S. The lowest BCUT2D eigenvalue weighted by Gasteiger charge is -2.27. The van der Waals surface area contributed by atoms with Crippen LogP contribution in [0.2, 0.25) is 0 Å². The first-order chi connectivity index (χ1) is 16.2. The number of fused-ring (bicyclic) bond motifs is 1. The van der Waals surface area contributed by atoms with Crippen molar-refractivity contribution in [3.8, 4) is 11.5 Å². The molecule has 0 spiro atoms. The van der Waals surface area contributed by atoms with Gasteiger partial charge in [0.2, 0.25) is 0 Å². The van der Waals surface area contributed by atoms with E-state index in [1.54, 1.807) is 25.1 Å². The van der Waals surface area contributed by atoms with Gasteiger partial charge >= 0.3 is 5.97 Å². The van der Waals surface area contributed by atoms with E-state index in [4.69, 9.17) is 9.47 Å². The summed E-state index contributed by atoms with van der Waals surface area (Å²) in [6, 6.07) is 9.10. The van der Waals surface area contributed by atoms with E-state index in [-0.39, 0.29) is 22.9 Å². The Hall–Kier alpha value is -3.92. The normalized spacial score (nSPS) is 14.6. The minimum absolute atomic E-state index is 0.0720. The molecule has 1 atom stereocenters. The molecule has 0 fully saturated rings. The lowest BCUT2D eigenvalue weighted by molar-refractivity contribution is -0.385. The maximum atomic E-state index is 12.7. The standard InChI is InChI=1S/C24H23N3O6S/c1-5-32-19-11-15(21-25-22(28)20-13(3)14(4)34-23(20)26-21)7-9-18(19)33-24(29)16-6-8-17(27(30)31)12(2)10-16/h6-11,21,26H,5H2,1-4H3,(H,25,28)/t21-/m1/s1. The molecule has 0 unspecified atom stereocenters. The highest BCUT2D eigenvalue weighted by atomic mass is 32.1. The summed E-state index contributed by atoms with van der Waals surface area (Å²) in [7, 11) is 0. The van der Waals surface area contributed by atoms with Gasteiger partial charge in [0.1, 0.15) is 11.2 Å². The van der Waals surface area contributed by atoms with Gasteiger partial charge in [0.05, 0.1) is 22.7 Å². The molecule has 2 heterocycles. The maximum Gasteiger partial charge on any atom is 0.343 e. The van der Waals surface area contributed by atoms with Gasteiger partial charge in [-0.1, -0.05) is 6.07 Å². The van der Waals surface area contributed by atoms with Crippen LogP contribution < -0.4 is 20.1 Å². The van der Waals surface area contributed by atoms with Crippen molar-refractivity contribution in [3.05, 3.63) is 79.2 Å². The number of ether oxygens (including phenoxy) is 2. The second kappa shape index (κ2) is 9.14. The number of carbonyl (C=O) groups excluding carboxylic acids is 2.